The van der Waals surface area contributed by atoms with Crippen LogP contribution in [0.3, 0.4) is 0 Å². The number of methoxy groups -OCH3 is 1. The van der Waals surface area contributed by atoms with Crippen molar-refractivity contribution < 1.29 is 14.3 Å². The molecule has 4 rings (SSSR count). The molecule has 0 aliphatic rings. The molecule has 4 aromatic rings. The third-order valence-electron chi connectivity index (χ3n) is 4.88. The van der Waals surface area contributed by atoms with Gasteiger partial charge in [-0.05, 0) is 59.3 Å². The zero-order valence-corrected chi connectivity index (χ0v) is 18.3. The lowest BCUT2D eigenvalue weighted by atomic mass is 10.1. The number of carbonyl (C=O) groups is 2. The average Bonchev–Trinajstić information content (AvgIpc) is 2.83. The second-order valence-electron chi connectivity index (χ2n) is 7.08. The summed E-state index contributed by atoms with van der Waals surface area (Å²) in [6.45, 7) is 0. The van der Waals surface area contributed by atoms with Gasteiger partial charge in [0.1, 0.15) is 5.75 Å². The van der Waals surface area contributed by atoms with Gasteiger partial charge >= 0.3 is 0 Å². The molecule has 0 bridgehead atoms. The molecule has 6 heteroatoms. The van der Waals surface area contributed by atoms with Gasteiger partial charge in [-0.1, -0.05) is 42.5 Å². The van der Waals surface area contributed by atoms with Crippen LogP contribution in [0.15, 0.2) is 95.9 Å². The molecule has 32 heavy (non-hydrogen) atoms. The summed E-state index contributed by atoms with van der Waals surface area (Å²) in [6, 6.07) is 28.3. The highest BCUT2D eigenvalue weighted by Gasteiger charge is 2.10. The first-order valence-corrected chi connectivity index (χ1v) is 11.1. The van der Waals surface area contributed by atoms with Gasteiger partial charge in [-0.25, -0.2) is 0 Å². The molecule has 0 aliphatic heterocycles. The number of fused-ring (bicyclic) bond motifs is 1. The van der Waals surface area contributed by atoms with Crippen LogP contribution in [-0.2, 0) is 4.79 Å². The van der Waals surface area contributed by atoms with Crippen molar-refractivity contribution in [2.24, 2.45) is 0 Å². The van der Waals surface area contributed by atoms with E-state index in [0.29, 0.717) is 28.4 Å². The number of hydrogen-bond donors (Lipinski definition) is 2. The predicted molar refractivity (Wildman–Crippen MR) is 131 cm³/mol. The maximum absolute atomic E-state index is 12.5. The molecule has 0 fully saturated rings. The summed E-state index contributed by atoms with van der Waals surface area (Å²) in [7, 11) is 1.56. The number of nitrogens with one attached hydrogen (secondary N) is 2. The maximum atomic E-state index is 12.5. The first-order chi connectivity index (χ1) is 15.6. The van der Waals surface area contributed by atoms with E-state index in [2.05, 4.69) is 34.9 Å². The molecule has 0 unspecified atom stereocenters. The molecule has 2 N–H and O–H groups in total. The summed E-state index contributed by atoms with van der Waals surface area (Å²) in [6.07, 6.45) is 0. The van der Waals surface area contributed by atoms with Crippen LogP contribution >= 0.6 is 11.8 Å². The Balaban J connectivity index is 1.32. The smallest absolute Gasteiger partial charge is 0.255 e. The highest BCUT2D eigenvalue weighted by atomic mass is 32.2. The second kappa shape index (κ2) is 10.0. The van der Waals surface area contributed by atoms with Gasteiger partial charge in [-0.3, -0.25) is 9.59 Å². The van der Waals surface area contributed by atoms with E-state index in [4.69, 9.17) is 4.74 Å². The Hall–Kier alpha value is -3.77. The largest absolute Gasteiger partial charge is 0.495 e. The minimum absolute atomic E-state index is 0.102. The number of thioether (sulfide) groups is 1. The number of benzene rings is 4. The highest BCUT2D eigenvalue weighted by Crippen LogP contribution is 2.25. The quantitative estimate of drug-likeness (QED) is 0.353. The van der Waals surface area contributed by atoms with E-state index < -0.39 is 0 Å². The number of ether oxygens (including phenoxy) is 1. The monoisotopic (exact) mass is 442 g/mol. The molecule has 0 aliphatic carbocycles. The lowest BCUT2D eigenvalue weighted by Gasteiger charge is -2.10. The van der Waals surface area contributed by atoms with E-state index in [-0.39, 0.29) is 11.8 Å². The molecule has 0 spiro atoms. The van der Waals surface area contributed by atoms with Crippen LogP contribution in [0.4, 0.5) is 11.4 Å². The van der Waals surface area contributed by atoms with E-state index in [1.807, 2.05) is 30.3 Å². The Morgan fingerprint density at radius 1 is 0.812 bits per heavy atom. The highest BCUT2D eigenvalue weighted by molar-refractivity contribution is 8.00. The fourth-order valence-corrected chi connectivity index (χ4v) is 3.99. The Morgan fingerprint density at radius 2 is 1.53 bits per heavy atom. The summed E-state index contributed by atoms with van der Waals surface area (Å²) < 4.78 is 5.26. The molecular weight excluding hydrogens is 420 g/mol. The summed E-state index contributed by atoms with van der Waals surface area (Å²) in [5, 5.41) is 8.04. The van der Waals surface area contributed by atoms with Crippen LogP contribution in [0.25, 0.3) is 10.8 Å². The first-order valence-electron chi connectivity index (χ1n) is 10.1. The zero-order valence-electron chi connectivity index (χ0n) is 17.5. The summed E-state index contributed by atoms with van der Waals surface area (Å²) in [5.41, 5.74) is 1.73. The fraction of sp³-hybridized carbons (Fsp3) is 0.0769. The Bertz CT molecular complexity index is 1260. The molecule has 0 atom stereocenters. The maximum Gasteiger partial charge on any atom is 0.255 e. The van der Waals surface area contributed by atoms with Crippen molar-refractivity contribution in [2.45, 2.75) is 4.90 Å². The van der Waals surface area contributed by atoms with Gasteiger partial charge in [0.15, 0.2) is 0 Å². The van der Waals surface area contributed by atoms with E-state index in [0.717, 1.165) is 10.3 Å². The van der Waals surface area contributed by atoms with Gasteiger partial charge < -0.3 is 15.4 Å². The van der Waals surface area contributed by atoms with Crippen molar-refractivity contribution in [3.8, 4) is 5.75 Å². The molecule has 0 aromatic heterocycles. The zero-order chi connectivity index (χ0) is 22.3. The topological polar surface area (TPSA) is 67.4 Å². The molecule has 0 saturated heterocycles. The van der Waals surface area contributed by atoms with E-state index in [9.17, 15) is 9.59 Å². The van der Waals surface area contributed by atoms with Gasteiger partial charge in [0.05, 0.1) is 18.6 Å². The molecular formula is C26H22N2O3S. The van der Waals surface area contributed by atoms with Crippen molar-refractivity contribution >= 4 is 45.7 Å². The van der Waals surface area contributed by atoms with Crippen molar-refractivity contribution in [3.63, 3.8) is 0 Å². The Kier molecular flexibility index (Phi) is 6.72. The van der Waals surface area contributed by atoms with E-state index in [1.54, 1.807) is 43.5 Å². The third kappa shape index (κ3) is 5.28. The minimum Gasteiger partial charge on any atom is -0.495 e. The molecule has 0 saturated carbocycles. The van der Waals surface area contributed by atoms with Gasteiger partial charge in [-0.15, -0.1) is 11.8 Å². The number of para-hydroxylation sites is 2. The predicted octanol–water partition coefficient (Wildman–Crippen LogP) is 5.83. The van der Waals surface area contributed by atoms with Crippen molar-refractivity contribution in [3.05, 3.63) is 96.6 Å². The lowest BCUT2D eigenvalue weighted by Crippen LogP contribution is -2.15. The SMILES string of the molecule is COc1ccccc1NC(=O)c1ccc(NC(=O)CSc2ccc3ccccc3c2)cc1. The van der Waals surface area contributed by atoms with Crippen LogP contribution in [0.1, 0.15) is 10.4 Å². The molecule has 2 amide bonds. The van der Waals surface area contributed by atoms with Crippen LogP contribution < -0.4 is 15.4 Å². The normalized spacial score (nSPS) is 10.5. The van der Waals surface area contributed by atoms with Gasteiger partial charge in [0, 0.05) is 16.1 Å². The fourth-order valence-electron chi connectivity index (χ4n) is 3.25. The standard InChI is InChI=1S/C26H22N2O3S/c1-31-24-9-5-4-8-23(24)28-26(30)19-10-13-21(14-11-19)27-25(29)17-32-22-15-12-18-6-2-3-7-20(18)16-22/h2-16H,17H2,1H3,(H,27,29)(H,28,30). The lowest BCUT2D eigenvalue weighted by molar-refractivity contribution is -0.113. The first kappa shape index (κ1) is 21.5. The number of rotatable bonds is 7. The van der Waals surface area contributed by atoms with Gasteiger partial charge in [0.2, 0.25) is 5.91 Å². The molecule has 0 heterocycles. The second-order valence-corrected chi connectivity index (χ2v) is 8.13. The average molecular weight is 443 g/mol. The van der Waals surface area contributed by atoms with Crippen LogP contribution in [0, 0.1) is 0 Å². The molecule has 4 aromatic carbocycles. The van der Waals surface area contributed by atoms with Crippen molar-refractivity contribution in [1.29, 1.82) is 0 Å². The molecule has 0 radical (unpaired) electrons. The van der Waals surface area contributed by atoms with Crippen LogP contribution in [0.2, 0.25) is 0 Å². The molecule has 5 nitrogen and oxygen atoms in total. The number of carbonyl (C=O) groups excluding carboxylic acids is 2. The summed E-state index contributed by atoms with van der Waals surface area (Å²) in [4.78, 5) is 25.9. The van der Waals surface area contributed by atoms with E-state index >= 15 is 0 Å². The summed E-state index contributed by atoms with van der Waals surface area (Å²) in [5.74, 6) is 0.538. The number of anilines is 2. The number of amides is 2. The number of hydrogen-bond acceptors (Lipinski definition) is 4. The Morgan fingerprint density at radius 3 is 2.31 bits per heavy atom. The minimum atomic E-state index is -0.251. The van der Waals surface area contributed by atoms with E-state index in [1.165, 1.54) is 17.1 Å². The van der Waals surface area contributed by atoms with Crippen molar-refractivity contribution in [2.75, 3.05) is 23.5 Å². The van der Waals surface area contributed by atoms with Gasteiger partial charge in [0.25, 0.3) is 5.91 Å². The van der Waals surface area contributed by atoms with Gasteiger partial charge in [-0.2, -0.15) is 0 Å². The Labute approximate surface area is 190 Å². The summed E-state index contributed by atoms with van der Waals surface area (Å²) >= 11 is 1.49. The van der Waals surface area contributed by atoms with Crippen LogP contribution in [0.5, 0.6) is 5.75 Å². The van der Waals surface area contributed by atoms with Crippen LogP contribution in [-0.4, -0.2) is 24.7 Å². The molecule has 160 valence electrons. The third-order valence-corrected chi connectivity index (χ3v) is 5.87. The van der Waals surface area contributed by atoms with Crippen molar-refractivity contribution in [1.82, 2.24) is 0 Å².